The molecular weight excluding hydrogens is 284 g/mol. The van der Waals surface area contributed by atoms with Crippen molar-refractivity contribution in [2.75, 3.05) is 11.5 Å². The van der Waals surface area contributed by atoms with Crippen LogP contribution in [-0.2, 0) is 0 Å². The van der Waals surface area contributed by atoms with E-state index in [-0.39, 0.29) is 0 Å². The van der Waals surface area contributed by atoms with Crippen LogP contribution in [0, 0.1) is 0 Å². The van der Waals surface area contributed by atoms with Crippen LogP contribution in [0.3, 0.4) is 0 Å². The summed E-state index contributed by atoms with van der Waals surface area (Å²) in [5.74, 6) is 3.19. The second-order valence-electron chi connectivity index (χ2n) is 4.19. The van der Waals surface area contributed by atoms with Crippen LogP contribution in [0.1, 0.15) is 24.5 Å². The van der Waals surface area contributed by atoms with Gasteiger partial charge in [0.1, 0.15) is 5.65 Å². The fraction of sp³-hybridized carbons (Fsp3) is 0.417. The highest BCUT2D eigenvalue weighted by atomic mass is 79.9. The Morgan fingerprint density at radius 3 is 3.25 bits per heavy atom. The summed E-state index contributed by atoms with van der Waals surface area (Å²) in [7, 11) is 0. The van der Waals surface area contributed by atoms with Gasteiger partial charge in [0.15, 0.2) is 0 Å². The van der Waals surface area contributed by atoms with E-state index in [2.05, 4.69) is 50.6 Å². The maximum Gasteiger partial charge on any atom is 0.138 e. The van der Waals surface area contributed by atoms with Gasteiger partial charge in [-0.1, -0.05) is 15.9 Å². The molecule has 0 saturated carbocycles. The molecule has 0 amide bonds. The summed E-state index contributed by atoms with van der Waals surface area (Å²) in [5, 5.41) is 0. The molecule has 2 nitrogen and oxygen atoms in total. The SMILES string of the molecule is Brc1ccn2cc(C3CCCSC3)nc2c1. The molecule has 0 radical (unpaired) electrons. The summed E-state index contributed by atoms with van der Waals surface area (Å²) in [5.41, 5.74) is 2.30. The second kappa shape index (κ2) is 4.41. The van der Waals surface area contributed by atoms with Gasteiger partial charge in [0.2, 0.25) is 0 Å². The van der Waals surface area contributed by atoms with E-state index in [1.807, 2.05) is 6.07 Å². The van der Waals surface area contributed by atoms with Crippen LogP contribution in [0.4, 0.5) is 0 Å². The van der Waals surface area contributed by atoms with Crippen LogP contribution in [0.2, 0.25) is 0 Å². The predicted octanol–water partition coefficient (Wildman–Crippen LogP) is 3.71. The number of thioether (sulfide) groups is 1. The predicted molar refractivity (Wildman–Crippen MR) is 72.2 cm³/mol. The minimum absolute atomic E-state index is 0.650. The summed E-state index contributed by atoms with van der Waals surface area (Å²) in [4.78, 5) is 4.72. The van der Waals surface area contributed by atoms with Crippen molar-refractivity contribution < 1.29 is 0 Å². The Kier molecular flexibility index (Phi) is 2.94. The number of nitrogens with zero attached hydrogens (tertiary/aromatic N) is 2. The maximum atomic E-state index is 4.72. The number of pyridine rings is 1. The van der Waals surface area contributed by atoms with E-state index in [9.17, 15) is 0 Å². The van der Waals surface area contributed by atoms with Gasteiger partial charge in [-0.25, -0.2) is 4.98 Å². The number of imidazole rings is 1. The summed E-state index contributed by atoms with van der Waals surface area (Å²) < 4.78 is 3.20. The molecule has 0 spiro atoms. The Hall–Kier alpha value is -0.480. The monoisotopic (exact) mass is 296 g/mol. The number of hydrogen-bond donors (Lipinski definition) is 0. The first-order valence-electron chi connectivity index (χ1n) is 5.55. The van der Waals surface area contributed by atoms with E-state index in [1.165, 1.54) is 30.0 Å². The summed E-state index contributed by atoms with van der Waals surface area (Å²) in [6, 6.07) is 4.12. The molecule has 4 heteroatoms. The molecule has 0 bridgehead atoms. The minimum atomic E-state index is 0.650. The zero-order valence-electron chi connectivity index (χ0n) is 8.90. The average Bonchev–Trinajstić information content (AvgIpc) is 2.73. The molecule has 1 aliphatic rings. The molecule has 3 heterocycles. The molecule has 1 fully saturated rings. The Morgan fingerprint density at radius 2 is 2.44 bits per heavy atom. The van der Waals surface area contributed by atoms with Crippen molar-refractivity contribution in [2.45, 2.75) is 18.8 Å². The number of rotatable bonds is 1. The normalized spacial score (nSPS) is 21.4. The Labute approximate surface area is 108 Å². The van der Waals surface area contributed by atoms with E-state index in [4.69, 9.17) is 4.98 Å². The Morgan fingerprint density at radius 1 is 1.50 bits per heavy atom. The first-order valence-corrected chi connectivity index (χ1v) is 7.49. The van der Waals surface area contributed by atoms with Gasteiger partial charge >= 0.3 is 0 Å². The largest absolute Gasteiger partial charge is 0.307 e. The molecular formula is C12H13BrN2S. The highest BCUT2D eigenvalue weighted by Gasteiger charge is 2.18. The molecule has 2 aromatic heterocycles. The van der Waals surface area contributed by atoms with Crippen molar-refractivity contribution in [3.63, 3.8) is 0 Å². The lowest BCUT2D eigenvalue weighted by atomic mass is 10.0. The van der Waals surface area contributed by atoms with Crippen LogP contribution in [-0.4, -0.2) is 20.9 Å². The van der Waals surface area contributed by atoms with E-state index in [1.54, 1.807) is 0 Å². The Balaban J connectivity index is 1.97. The van der Waals surface area contributed by atoms with Crippen molar-refractivity contribution in [2.24, 2.45) is 0 Å². The average molecular weight is 297 g/mol. The van der Waals surface area contributed by atoms with Crippen LogP contribution in [0.5, 0.6) is 0 Å². The molecule has 1 saturated heterocycles. The van der Waals surface area contributed by atoms with Crippen molar-refractivity contribution >= 4 is 33.3 Å². The fourth-order valence-corrected chi connectivity index (χ4v) is 3.63. The van der Waals surface area contributed by atoms with Crippen LogP contribution < -0.4 is 0 Å². The number of halogens is 1. The van der Waals surface area contributed by atoms with E-state index in [0.29, 0.717) is 5.92 Å². The zero-order chi connectivity index (χ0) is 11.0. The van der Waals surface area contributed by atoms with Crippen molar-refractivity contribution in [1.82, 2.24) is 9.38 Å². The topological polar surface area (TPSA) is 17.3 Å². The number of aromatic nitrogens is 2. The molecule has 0 N–H and O–H groups in total. The fourth-order valence-electron chi connectivity index (χ4n) is 2.15. The summed E-state index contributed by atoms with van der Waals surface area (Å²) in [6.45, 7) is 0. The standard InChI is InChI=1S/C12H13BrN2S/c13-10-3-4-15-7-11(14-12(15)6-10)9-2-1-5-16-8-9/h3-4,6-7,9H,1-2,5,8H2. The van der Waals surface area contributed by atoms with Gasteiger partial charge in [-0.05, 0) is 30.7 Å². The molecule has 3 rings (SSSR count). The summed E-state index contributed by atoms with van der Waals surface area (Å²) >= 11 is 5.53. The van der Waals surface area contributed by atoms with E-state index >= 15 is 0 Å². The molecule has 16 heavy (non-hydrogen) atoms. The number of fused-ring (bicyclic) bond motifs is 1. The lowest BCUT2D eigenvalue weighted by Gasteiger charge is -2.18. The minimum Gasteiger partial charge on any atom is -0.307 e. The van der Waals surface area contributed by atoms with E-state index < -0.39 is 0 Å². The number of hydrogen-bond acceptors (Lipinski definition) is 2. The van der Waals surface area contributed by atoms with E-state index in [0.717, 1.165) is 10.1 Å². The van der Waals surface area contributed by atoms with Gasteiger partial charge < -0.3 is 4.40 Å². The van der Waals surface area contributed by atoms with Gasteiger partial charge in [-0.2, -0.15) is 11.8 Å². The molecule has 84 valence electrons. The molecule has 1 atom stereocenters. The quantitative estimate of drug-likeness (QED) is 0.798. The van der Waals surface area contributed by atoms with Crippen molar-refractivity contribution in [1.29, 1.82) is 0 Å². The zero-order valence-corrected chi connectivity index (χ0v) is 11.3. The maximum absolute atomic E-state index is 4.72. The summed E-state index contributed by atoms with van der Waals surface area (Å²) in [6.07, 6.45) is 6.86. The van der Waals surface area contributed by atoms with Crippen molar-refractivity contribution in [3.8, 4) is 0 Å². The van der Waals surface area contributed by atoms with Gasteiger partial charge in [-0.15, -0.1) is 0 Å². The third kappa shape index (κ3) is 2.00. The van der Waals surface area contributed by atoms with Gasteiger partial charge in [0.05, 0.1) is 5.69 Å². The highest BCUT2D eigenvalue weighted by Crippen LogP contribution is 2.30. The molecule has 1 aliphatic heterocycles. The third-order valence-corrected chi connectivity index (χ3v) is 4.73. The third-order valence-electron chi connectivity index (χ3n) is 3.02. The molecule has 0 aliphatic carbocycles. The first-order chi connectivity index (χ1) is 7.83. The van der Waals surface area contributed by atoms with Gasteiger partial charge in [0, 0.05) is 28.5 Å². The van der Waals surface area contributed by atoms with Crippen molar-refractivity contribution in [3.05, 3.63) is 34.7 Å². The van der Waals surface area contributed by atoms with Crippen LogP contribution >= 0.6 is 27.7 Å². The van der Waals surface area contributed by atoms with Crippen LogP contribution in [0.15, 0.2) is 29.0 Å². The molecule has 0 aromatic carbocycles. The lowest BCUT2D eigenvalue weighted by molar-refractivity contribution is 0.647. The molecule has 2 aromatic rings. The van der Waals surface area contributed by atoms with Gasteiger partial charge in [-0.3, -0.25) is 0 Å². The highest BCUT2D eigenvalue weighted by molar-refractivity contribution is 9.10. The Bertz CT molecular complexity index is 503. The lowest BCUT2D eigenvalue weighted by Crippen LogP contribution is -2.08. The van der Waals surface area contributed by atoms with Gasteiger partial charge in [0.25, 0.3) is 0 Å². The molecule has 1 unspecified atom stereocenters. The first kappa shape index (κ1) is 10.7. The van der Waals surface area contributed by atoms with Crippen LogP contribution in [0.25, 0.3) is 5.65 Å². The smallest absolute Gasteiger partial charge is 0.138 e. The second-order valence-corrected chi connectivity index (χ2v) is 6.26.